The van der Waals surface area contributed by atoms with Crippen molar-refractivity contribution < 1.29 is 13.6 Å². The van der Waals surface area contributed by atoms with Crippen LogP contribution in [0.4, 0.5) is 14.5 Å². The van der Waals surface area contributed by atoms with E-state index in [-0.39, 0.29) is 11.5 Å². The highest BCUT2D eigenvalue weighted by Gasteiger charge is 2.05. The molecule has 0 heterocycles. The van der Waals surface area contributed by atoms with E-state index in [1.165, 1.54) is 12.3 Å². The third kappa shape index (κ3) is 3.17. The fourth-order valence-electron chi connectivity index (χ4n) is 1.43. The van der Waals surface area contributed by atoms with Crippen LogP contribution in [-0.2, 0) is 0 Å². The molecule has 19 heavy (non-hydrogen) atoms. The van der Waals surface area contributed by atoms with Gasteiger partial charge in [0.15, 0.2) is 17.4 Å². The van der Waals surface area contributed by atoms with E-state index in [0.29, 0.717) is 5.56 Å². The van der Waals surface area contributed by atoms with Gasteiger partial charge in [0.25, 0.3) is 0 Å². The normalized spacial score (nSPS) is 10.2. The zero-order valence-corrected chi connectivity index (χ0v) is 9.78. The minimum Gasteiger partial charge on any atom is -0.356 e. The molecular weight excluding hydrogens is 248 g/mol. The first kappa shape index (κ1) is 12.8. The molecule has 2 rings (SSSR count). The molecule has 0 bridgehead atoms. The highest BCUT2D eigenvalue weighted by Crippen LogP contribution is 2.15. The van der Waals surface area contributed by atoms with E-state index in [0.717, 1.165) is 6.07 Å². The van der Waals surface area contributed by atoms with E-state index in [9.17, 15) is 13.6 Å². The van der Waals surface area contributed by atoms with Gasteiger partial charge in [-0.2, -0.15) is 4.39 Å². The van der Waals surface area contributed by atoms with Crippen LogP contribution in [0.2, 0.25) is 0 Å². The van der Waals surface area contributed by atoms with Crippen molar-refractivity contribution in [2.75, 3.05) is 5.32 Å². The number of nitrogens with one attached hydrogen (secondary N) is 1. The van der Waals surface area contributed by atoms with Crippen LogP contribution in [0.25, 0.3) is 0 Å². The third-order valence-electron chi connectivity index (χ3n) is 2.36. The molecule has 0 saturated carbocycles. The number of hydrogen-bond acceptors (Lipinski definition) is 2. The fraction of sp³-hybridized carbons (Fsp3) is 0. The Hall–Kier alpha value is -2.67. The van der Waals surface area contributed by atoms with E-state index in [4.69, 9.17) is 0 Å². The second kappa shape index (κ2) is 5.78. The molecule has 0 radical (unpaired) electrons. The molecule has 0 aromatic heterocycles. The molecule has 4 heteroatoms. The van der Waals surface area contributed by atoms with Gasteiger partial charge in [-0.05, 0) is 6.07 Å². The van der Waals surface area contributed by atoms with Crippen molar-refractivity contribution in [3.05, 3.63) is 78.0 Å². The molecule has 0 aliphatic carbocycles. The Labute approximate surface area is 109 Å². The second-order valence-corrected chi connectivity index (χ2v) is 3.66. The minimum atomic E-state index is -0.892. The summed E-state index contributed by atoms with van der Waals surface area (Å²) < 4.78 is 26.4. The predicted molar refractivity (Wildman–Crippen MR) is 67.6 cm³/mol. The Kier molecular flexibility index (Phi) is 3.89. The molecule has 2 nitrogen and oxygen atoms in total. The summed E-state index contributed by atoms with van der Waals surface area (Å²) in [6.07, 6.45) is 2.38. The number of rotatable bonds is 4. The van der Waals surface area contributed by atoms with Crippen molar-refractivity contribution in [2.45, 2.75) is 0 Å². The fourth-order valence-corrected chi connectivity index (χ4v) is 1.43. The lowest BCUT2D eigenvalue weighted by atomic mass is 10.1. The summed E-state index contributed by atoms with van der Waals surface area (Å²) in [6, 6.07) is 13.8. The van der Waals surface area contributed by atoms with Gasteiger partial charge in [-0.15, -0.1) is 0 Å². The van der Waals surface area contributed by atoms with Crippen molar-refractivity contribution >= 4 is 11.5 Å². The molecule has 2 aromatic carbocycles. The van der Waals surface area contributed by atoms with Gasteiger partial charge in [0.2, 0.25) is 0 Å². The van der Waals surface area contributed by atoms with Crippen LogP contribution < -0.4 is 5.32 Å². The van der Waals surface area contributed by atoms with Gasteiger partial charge in [0, 0.05) is 23.9 Å². The van der Waals surface area contributed by atoms with Crippen molar-refractivity contribution in [3.63, 3.8) is 0 Å². The first-order valence-electron chi connectivity index (χ1n) is 5.48. The topological polar surface area (TPSA) is 29.1 Å². The molecule has 0 aliphatic heterocycles. The quantitative estimate of drug-likeness (QED) is 0.672. The zero-order valence-electron chi connectivity index (χ0n) is 9.78. The van der Waals surface area contributed by atoms with Crippen LogP contribution >= 0.6 is 0 Å². The summed E-state index contributed by atoms with van der Waals surface area (Å²) >= 11 is 0. The number of hydrogen-bond donors (Lipinski definition) is 1. The van der Waals surface area contributed by atoms with Crippen LogP contribution in [0.3, 0.4) is 0 Å². The highest BCUT2D eigenvalue weighted by molar-refractivity contribution is 6.04. The molecule has 0 unspecified atom stereocenters. The van der Waals surface area contributed by atoms with Gasteiger partial charge in [-0.25, -0.2) is 4.39 Å². The molecule has 0 spiro atoms. The number of ketones is 1. The van der Waals surface area contributed by atoms with Crippen molar-refractivity contribution in [1.82, 2.24) is 0 Å². The van der Waals surface area contributed by atoms with Gasteiger partial charge in [0.1, 0.15) is 5.69 Å². The lowest BCUT2D eigenvalue weighted by Crippen LogP contribution is -1.98. The summed E-state index contributed by atoms with van der Waals surface area (Å²) in [5, 5.41) is 2.38. The predicted octanol–water partition coefficient (Wildman–Crippen LogP) is 3.37. The van der Waals surface area contributed by atoms with E-state index >= 15 is 0 Å². The third-order valence-corrected chi connectivity index (χ3v) is 2.36. The van der Waals surface area contributed by atoms with Crippen molar-refractivity contribution in [1.29, 1.82) is 0 Å². The van der Waals surface area contributed by atoms with Crippen LogP contribution in [0, 0.1) is 23.8 Å². The lowest BCUT2D eigenvalue weighted by molar-refractivity contribution is 0.104. The van der Waals surface area contributed by atoms with Gasteiger partial charge >= 0.3 is 0 Å². The van der Waals surface area contributed by atoms with Crippen LogP contribution in [-0.4, -0.2) is 5.78 Å². The Morgan fingerprint density at radius 2 is 1.95 bits per heavy atom. The molecule has 0 atom stereocenters. The van der Waals surface area contributed by atoms with E-state index in [2.05, 4.69) is 17.4 Å². The van der Waals surface area contributed by atoms with Crippen LogP contribution in [0.5, 0.6) is 0 Å². The Morgan fingerprint density at radius 3 is 2.63 bits per heavy atom. The first-order chi connectivity index (χ1) is 9.18. The number of allylic oxidation sites excluding steroid dienone is 1. The van der Waals surface area contributed by atoms with Gasteiger partial charge in [-0.1, -0.05) is 36.4 Å². The maximum atomic E-state index is 13.2. The lowest BCUT2D eigenvalue weighted by Gasteiger charge is -2.01. The average molecular weight is 257 g/mol. The second-order valence-electron chi connectivity index (χ2n) is 3.66. The molecule has 0 aliphatic rings. The van der Waals surface area contributed by atoms with E-state index in [1.54, 1.807) is 30.3 Å². The largest absolute Gasteiger partial charge is 0.356 e. The molecule has 0 amide bonds. The van der Waals surface area contributed by atoms with Gasteiger partial charge in [0.05, 0.1) is 0 Å². The number of carbonyl (C=O) groups excluding carboxylic acids is 1. The molecular formula is C15H9F2NO. The summed E-state index contributed by atoms with van der Waals surface area (Å²) in [5.74, 6) is -1.95. The van der Waals surface area contributed by atoms with Gasteiger partial charge in [-0.3, -0.25) is 4.79 Å². The maximum Gasteiger partial charge on any atom is 0.199 e. The Morgan fingerprint density at radius 1 is 1.21 bits per heavy atom. The summed E-state index contributed by atoms with van der Waals surface area (Å²) in [7, 11) is 0. The minimum absolute atomic E-state index is 0.264. The number of carbonyl (C=O) groups is 1. The smallest absolute Gasteiger partial charge is 0.199 e. The van der Waals surface area contributed by atoms with E-state index in [1.807, 2.05) is 0 Å². The number of anilines is 1. The standard InChI is InChI=1S/C15H9F2NO/c16-12-7-4-8-13(17)15(12)18-10-9-14(19)11-5-2-1-3-6-11/h1-3,5-7,9-10,18H/b10-9-. The molecule has 94 valence electrons. The molecule has 2 aromatic rings. The monoisotopic (exact) mass is 257 g/mol. The summed E-state index contributed by atoms with van der Waals surface area (Å²) in [5.41, 5.74) is 0.130. The molecule has 0 saturated heterocycles. The zero-order chi connectivity index (χ0) is 13.7. The average Bonchev–Trinajstić information content (AvgIpc) is 2.43. The van der Waals surface area contributed by atoms with Crippen LogP contribution in [0.1, 0.15) is 10.4 Å². The highest BCUT2D eigenvalue weighted by atomic mass is 19.1. The van der Waals surface area contributed by atoms with E-state index < -0.39 is 11.6 Å². The first-order valence-corrected chi connectivity index (χ1v) is 5.48. The number of benzene rings is 1. The van der Waals surface area contributed by atoms with Gasteiger partial charge < -0.3 is 5.32 Å². The van der Waals surface area contributed by atoms with Crippen LogP contribution in [0.15, 0.2) is 48.7 Å². The summed E-state index contributed by atoms with van der Waals surface area (Å²) in [4.78, 5) is 11.7. The SMILES string of the molecule is O=C(/C=C\Nc1c(F)c#ccc1F)c1ccccc1. The summed E-state index contributed by atoms with van der Waals surface area (Å²) in [6.45, 7) is 0. The molecule has 0 fully saturated rings. The van der Waals surface area contributed by atoms with Crippen molar-refractivity contribution in [2.24, 2.45) is 0 Å². The number of halogens is 2. The van der Waals surface area contributed by atoms with Crippen molar-refractivity contribution in [3.8, 4) is 0 Å². The Balaban J connectivity index is 2.07. The Bertz CT molecular complexity index is 589. The molecule has 1 N–H and O–H groups in total. The maximum absolute atomic E-state index is 13.2.